The molecular formula is C25H26N2O5S. The van der Waals surface area contributed by atoms with Crippen molar-refractivity contribution >= 4 is 28.9 Å². The summed E-state index contributed by atoms with van der Waals surface area (Å²) in [4.78, 5) is 33.3. The van der Waals surface area contributed by atoms with Crippen LogP contribution in [0.15, 0.2) is 54.7 Å². The number of hydrogen-bond acceptors (Lipinski definition) is 7. The SMILES string of the molecule is COc1ccc(N2C(=O)CCC(C(=O)OCc3cnc(C)s3)C2c2ccccc2OC)cc1. The number of piperidine rings is 1. The van der Waals surface area contributed by atoms with Crippen LogP contribution >= 0.6 is 11.3 Å². The quantitative estimate of drug-likeness (QED) is 0.470. The van der Waals surface area contributed by atoms with Crippen molar-refractivity contribution in [2.24, 2.45) is 5.92 Å². The number of methoxy groups -OCH3 is 2. The summed E-state index contributed by atoms with van der Waals surface area (Å²) < 4.78 is 16.6. The molecule has 0 N–H and O–H groups in total. The van der Waals surface area contributed by atoms with E-state index in [1.165, 1.54) is 11.3 Å². The standard InChI is InChI=1S/C25H26N2O5S/c1-16-26-14-19(33-16)15-32-25(29)21-12-13-23(28)27(17-8-10-18(30-2)11-9-17)24(21)20-6-4-5-7-22(20)31-3/h4-11,14,21,24H,12-13,15H2,1-3H3. The van der Waals surface area contributed by atoms with E-state index in [4.69, 9.17) is 14.2 Å². The highest BCUT2D eigenvalue weighted by Gasteiger charge is 2.43. The lowest BCUT2D eigenvalue weighted by Gasteiger charge is -2.40. The number of aromatic nitrogens is 1. The van der Waals surface area contributed by atoms with Crippen molar-refractivity contribution in [3.8, 4) is 11.5 Å². The summed E-state index contributed by atoms with van der Waals surface area (Å²) in [5.74, 6) is 0.357. The van der Waals surface area contributed by atoms with Gasteiger partial charge in [0.05, 0.1) is 36.1 Å². The number of anilines is 1. The second-order valence-electron chi connectivity index (χ2n) is 7.75. The molecular weight excluding hydrogens is 440 g/mol. The molecule has 0 saturated carbocycles. The summed E-state index contributed by atoms with van der Waals surface area (Å²) in [7, 11) is 3.18. The molecule has 0 aliphatic carbocycles. The molecule has 3 aromatic rings. The minimum Gasteiger partial charge on any atom is -0.497 e. The van der Waals surface area contributed by atoms with E-state index in [0.29, 0.717) is 23.6 Å². The maximum atomic E-state index is 13.3. The number of benzene rings is 2. The van der Waals surface area contributed by atoms with E-state index in [-0.39, 0.29) is 24.9 Å². The Labute approximate surface area is 196 Å². The maximum Gasteiger partial charge on any atom is 0.311 e. The van der Waals surface area contributed by atoms with E-state index < -0.39 is 12.0 Å². The molecule has 1 fully saturated rings. The van der Waals surface area contributed by atoms with E-state index in [1.54, 1.807) is 37.4 Å². The molecule has 1 amide bonds. The fourth-order valence-electron chi connectivity index (χ4n) is 4.17. The Morgan fingerprint density at radius 3 is 2.55 bits per heavy atom. The molecule has 2 atom stereocenters. The third-order valence-corrected chi connectivity index (χ3v) is 6.62. The number of carbonyl (C=O) groups excluding carboxylic acids is 2. The molecule has 1 aliphatic rings. The molecule has 0 spiro atoms. The summed E-state index contributed by atoms with van der Waals surface area (Å²) in [6, 6.07) is 14.2. The van der Waals surface area contributed by atoms with Gasteiger partial charge in [-0.2, -0.15) is 0 Å². The van der Waals surface area contributed by atoms with Crippen molar-refractivity contribution in [1.82, 2.24) is 4.98 Å². The van der Waals surface area contributed by atoms with Crippen LogP contribution in [0.3, 0.4) is 0 Å². The Hall–Kier alpha value is -3.39. The summed E-state index contributed by atoms with van der Waals surface area (Å²) in [6.07, 6.45) is 2.37. The number of amides is 1. The topological polar surface area (TPSA) is 78.0 Å². The molecule has 2 unspecified atom stereocenters. The van der Waals surface area contributed by atoms with Gasteiger partial charge in [0.25, 0.3) is 0 Å². The fraction of sp³-hybridized carbons (Fsp3) is 0.320. The van der Waals surface area contributed by atoms with Crippen LogP contribution in [0.4, 0.5) is 5.69 Å². The van der Waals surface area contributed by atoms with Crippen molar-refractivity contribution in [2.45, 2.75) is 32.4 Å². The van der Waals surface area contributed by atoms with Gasteiger partial charge in [0.1, 0.15) is 18.1 Å². The molecule has 0 radical (unpaired) electrons. The van der Waals surface area contributed by atoms with E-state index in [2.05, 4.69) is 4.98 Å². The second-order valence-corrected chi connectivity index (χ2v) is 9.07. The van der Waals surface area contributed by atoms with Crippen molar-refractivity contribution in [2.75, 3.05) is 19.1 Å². The smallest absolute Gasteiger partial charge is 0.311 e. The monoisotopic (exact) mass is 466 g/mol. The number of hydrogen-bond donors (Lipinski definition) is 0. The molecule has 2 heterocycles. The van der Waals surface area contributed by atoms with Crippen molar-refractivity contribution in [3.63, 3.8) is 0 Å². The van der Waals surface area contributed by atoms with E-state index in [9.17, 15) is 9.59 Å². The summed E-state index contributed by atoms with van der Waals surface area (Å²) in [6.45, 7) is 2.07. The van der Waals surface area contributed by atoms with Crippen molar-refractivity contribution in [3.05, 3.63) is 70.2 Å². The van der Waals surface area contributed by atoms with E-state index >= 15 is 0 Å². The number of aryl methyl sites for hydroxylation is 1. The largest absolute Gasteiger partial charge is 0.497 e. The Balaban J connectivity index is 1.71. The van der Waals surface area contributed by atoms with Crippen LogP contribution in [0.5, 0.6) is 11.5 Å². The summed E-state index contributed by atoms with van der Waals surface area (Å²) >= 11 is 1.50. The number of thiazole rings is 1. The first kappa shape index (κ1) is 22.8. The number of para-hydroxylation sites is 1. The zero-order valence-corrected chi connectivity index (χ0v) is 19.6. The summed E-state index contributed by atoms with van der Waals surface area (Å²) in [5, 5.41) is 0.918. The normalized spacial score (nSPS) is 18.2. The number of esters is 1. The molecule has 2 aromatic carbocycles. The lowest BCUT2D eigenvalue weighted by molar-refractivity contribution is -0.152. The minimum atomic E-state index is -0.563. The highest BCUT2D eigenvalue weighted by Crippen LogP contribution is 2.43. The molecule has 33 heavy (non-hydrogen) atoms. The zero-order chi connectivity index (χ0) is 23.4. The molecule has 1 saturated heterocycles. The lowest BCUT2D eigenvalue weighted by Crippen LogP contribution is -2.46. The molecule has 8 heteroatoms. The van der Waals surface area contributed by atoms with Crippen LogP contribution in [0, 0.1) is 12.8 Å². The third-order valence-electron chi connectivity index (χ3n) is 5.73. The molecule has 1 aromatic heterocycles. The van der Waals surface area contributed by atoms with Crippen LogP contribution in [0.25, 0.3) is 0 Å². The van der Waals surface area contributed by atoms with Gasteiger partial charge in [0.2, 0.25) is 5.91 Å². The van der Waals surface area contributed by atoms with Crippen LogP contribution in [-0.4, -0.2) is 31.1 Å². The van der Waals surface area contributed by atoms with Gasteiger partial charge in [0, 0.05) is 23.9 Å². The predicted octanol–water partition coefficient (Wildman–Crippen LogP) is 4.70. The Kier molecular flexibility index (Phi) is 6.93. The van der Waals surface area contributed by atoms with E-state index in [1.807, 2.05) is 43.3 Å². The average molecular weight is 467 g/mol. The number of ether oxygens (including phenoxy) is 3. The first-order valence-corrected chi connectivity index (χ1v) is 11.5. The Bertz CT molecular complexity index is 1130. The first-order valence-electron chi connectivity index (χ1n) is 10.7. The number of nitrogens with zero attached hydrogens (tertiary/aromatic N) is 2. The van der Waals surface area contributed by atoms with E-state index in [0.717, 1.165) is 15.4 Å². The number of rotatable bonds is 7. The third kappa shape index (κ3) is 4.85. The van der Waals surface area contributed by atoms with Gasteiger partial charge in [-0.05, 0) is 43.7 Å². The first-order chi connectivity index (χ1) is 16.0. The van der Waals surface area contributed by atoms with Crippen LogP contribution in [0.2, 0.25) is 0 Å². The van der Waals surface area contributed by atoms with Crippen LogP contribution in [0.1, 0.15) is 34.3 Å². The van der Waals surface area contributed by atoms with Gasteiger partial charge in [-0.3, -0.25) is 9.59 Å². The average Bonchev–Trinajstić information content (AvgIpc) is 3.27. The van der Waals surface area contributed by atoms with Crippen LogP contribution < -0.4 is 14.4 Å². The highest BCUT2D eigenvalue weighted by molar-refractivity contribution is 7.11. The summed E-state index contributed by atoms with van der Waals surface area (Å²) in [5.41, 5.74) is 1.45. The van der Waals surface area contributed by atoms with Gasteiger partial charge in [-0.15, -0.1) is 11.3 Å². The van der Waals surface area contributed by atoms with Crippen molar-refractivity contribution < 1.29 is 23.8 Å². The highest BCUT2D eigenvalue weighted by atomic mass is 32.1. The van der Waals surface area contributed by atoms with Gasteiger partial charge < -0.3 is 19.1 Å². The molecule has 4 rings (SSSR count). The predicted molar refractivity (Wildman–Crippen MR) is 126 cm³/mol. The Morgan fingerprint density at radius 2 is 1.88 bits per heavy atom. The molecule has 1 aliphatic heterocycles. The number of carbonyl (C=O) groups is 2. The molecule has 172 valence electrons. The maximum absolute atomic E-state index is 13.3. The minimum absolute atomic E-state index is 0.0572. The molecule has 7 nitrogen and oxygen atoms in total. The fourth-order valence-corrected chi connectivity index (χ4v) is 4.88. The molecule has 0 bridgehead atoms. The Morgan fingerprint density at radius 1 is 1.12 bits per heavy atom. The van der Waals surface area contributed by atoms with Crippen molar-refractivity contribution in [1.29, 1.82) is 0 Å². The van der Waals surface area contributed by atoms with Crippen LogP contribution in [-0.2, 0) is 20.9 Å². The van der Waals surface area contributed by atoms with Gasteiger partial charge in [0.15, 0.2) is 0 Å². The van der Waals surface area contributed by atoms with Gasteiger partial charge in [-0.25, -0.2) is 4.98 Å². The lowest BCUT2D eigenvalue weighted by atomic mass is 9.83. The van der Waals surface area contributed by atoms with Gasteiger partial charge in [-0.1, -0.05) is 18.2 Å². The second kappa shape index (κ2) is 10.0. The van der Waals surface area contributed by atoms with Gasteiger partial charge >= 0.3 is 5.97 Å². The zero-order valence-electron chi connectivity index (χ0n) is 18.8.